The van der Waals surface area contributed by atoms with Crippen LogP contribution in [-0.2, 0) is 0 Å². The van der Waals surface area contributed by atoms with Gasteiger partial charge in [0.05, 0.1) is 11.0 Å². The summed E-state index contributed by atoms with van der Waals surface area (Å²) in [6, 6.07) is 10.6. The molecule has 0 unspecified atom stereocenters. The zero-order valence-corrected chi connectivity index (χ0v) is 14.1. The Bertz CT molecular complexity index is 810. The van der Waals surface area contributed by atoms with Gasteiger partial charge in [0.1, 0.15) is 0 Å². The molecule has 2 aromatic heterocycles. The van der Waals surface area contributed by atoms with Crippen LogP contribution in [-0.4, -0.2) is 26.8 Å². The molecule has 0 N–H and O–H groups in total. The molecule has 23 heavy (non-hydrogen) atoms. The quantitative estimate of drug-likeness (QED) is 0.711. The molecule has 0 aliphatic rings. The minimum atomic E-state index is -0.281. The van der Waals surface area contributed by atoms with E-state index in [0.717, 1.165) is 4.88 Å². The molecule has 0 amide bonds. The van der Waals surface area contributed by atoms with Crippen LogP contribution < -0.4 is 4.74 Å². The van der Waals surface area contributed by atoms with Crippen LogP contribution in [0.2, 0.25) is 5.02 Å². The predicted octanol–water partition coefficient (Wildman–Crippen LogP) is 4.14. The van der Waals surface area contributed by atoms with Crippen LogP contribution in [0, 0.1) is 0 Å². The van der Waals surface area contributed by atoms with Gasteiger partial charge in [-0.05, 0) is 49.6 Å². The Balaban J connectivity index is 2.04. The number of carbonyl (C=O) groups excluding carboxylic acids is 1. The summed E-state index contributed by atoms with van der Waals surface area (Å²) in [6.45, 7) is 3.76. The molecule has 0 saturated heterocycles. The van der Waals surface area contributed by atoms with Crippen molar-refractivity contribution in [3.05, 3.63) is 52.4 Å². The molecule has 2 heterocycles. The van der Waals surface area contributed by atoms with Gasteiger partial charge in [0.25, 0.3) is 5.91 Å². The fourth-order valence-electron chi connectivity index (χ4n) is 1.98. The minimum absolute atomic E-state index is 0.0762. The van der Waals surface area contributed by atoms with E-state index in [1.165, 1.54) is 16.0 Å². The van der Waals surface area contributed by atoms with Gasteiger partial charge in [-0.15, -0.1) is 16.4 Å². The van der Waals surface area contributed by atoms with Crippen LogP contribution in [0.25, 0.3) is 10.7 Å². The van der Waals surface area contributed by atoms with Gasteiger partial charge in [-0.2, -0.15) is 9.67 Å². The lowest BCUT2D eigenvalue weighted by Gasteiger charge is -2.04. The van der Waals surface area contributed by atoms with Crippen LogP contribution in [0.4, 0.5) is 0 Å². The number of hydrogen-bond acceptors (Lipinski definition) is 5. The van der Waals surface area contributed by atoms with Crippen LogP contribution in [0.15, 0.2) is 41.8 Å². The van der Waals surface area contributed by atoms with Crippen molar-refractivity contribution in [2.75, 3.05) is 0 Å². The van der Waals surface area contributed by atoms with E-state index in [1.54, 1.807) is 24.3 Å². The standard InChI is InChI=1S/C16H14ClN3O2S/c1-10(2)22-16-18-14(13-4-3-9-23-13)20(19-16)15(21)11-5-7-12(17)8-6-11/h3-10H,1-2H3. The molecule has 0 aliphatic heterocycles. The second-order valence-electron chi connectivity index (χ2n) is 5.09. The predicted molar refractivity (Wildman–Crippen MR) is 90.3 cm³/mol. The van der Waals surface area contributed by atoms with Crippen LogP contribution in [0.3, 0.4) is 0 Å². The first kappa shape index (κ1) is 15.7. The van der Waals surface area contributed by atoms with Gasteiger partial charge in [0.2, 0.25) is 0 Å². The summed E-state index contributed by atoms with van der Waals surface area (Å²) in [6.07, 6.45) is -0.0762. The minimum Gasteiger partial charge on any atom is -0.460 e. The topological polar surface area (TPSA) is 57.0 Å². The molecular weight excluding hydrogens is 334 g/mol. The van der Waals surface area contributed by atoms with Gasteiger partial charge in [-0.3, -0.25) is 4.79 Å². The van der Waals surface area contributed by atoms with E-state index in [0.29, 0.717) is 16.4 Å². The monoisotopic (exact) mass is 347 g/mol. The highest BCUT2D eigenvalue weighted by molar-refractivity contribution is 7.13. The number of hydrogen-bond donors (Lipinski definition) is 0. The molecule has 3 rings (SSSR count). The number of benzene rings is 1. The molecule has 0 spiro atoms. The lowest BCUT2D eigenvalue weighted by molar-refractivity contribution is 0.0943. The van der Waals surface area contributed by atoms with Crippen molar-refractivity contribution < 1.29 is 9.53 Å². The molecule has 3 aromatic rings. The summed E-state index contributed by atoms with van der Waals surface area (Å²) in [7, 11) is 0. The van der Waals surface area contributed by atoms with Crippen molar-refractivity contribution in [2.45, 2.75) is 20.0 Å². The molecule has 0 saturated carbocycles. The van der Waals surface area contributed by atoms with Crippen molar-refractivity contribution in [3.8, 4) is 16.7 Å². The van der Waals surface area contributed by atoms with Crippen LogP contribution in [0.1, 0.15) is 24.2 Å². The molecule has 1 aromatic carbocycles. The highest BCUT2D eigenvalue weighted by atomic mass is 35.5. The maximum atomic E-state index is 12.7. The van der Waals surface area contributed by atoms with Gasteiger partial charge in [0, 0.05) is 10.6 Å². The van der Waals surface area contributed by atoms with E-state index in [2.05, 4.69) is 10.1 Å². The molecule has 0 atom stereocenters. The van der Waals surface area contributed by atoms with Crippen LogP contribution >= 0.6 is 22.9 Å². The first-order valence-corrected chi connectivity index (χ1v) is 8.28. The van der Waals surface area contributed by atoms with Crippen molar-refractivity contribution in [2.24, 2.45) is 0 Å². The number of ether oxygens (including phenoxy) is 1. The average molecular weight is 348 g/mol. The zero-order valence-electron chi connectivity index (χ0n) is 12.6. The Kier molecular flexibility index (Phi) is 4.45. The second kappa shape index (κ2) is 6.52. The maximum absolute atomic E-state index is 12.7. The highest BCUT2D eigenvalue weighted by Gasteiger charge is 2.21. The summed E-state index contributed by atoms with van der Waals surface area (Å²) in [5, 5.41) is 6.70. The number of halogens is 1. The molecular formula is C16H14ClN3O2S. The third-order valence-corrected chi connectivity index (χ3v) is 4.07. The summed E-state index contributed by atoms with van der Waals surface area (Å²) in [5.41, 5.74) is 0.480. The first-order chi connectivity index (χ1) is 11.0. The average Bonchev–Trinajstić information content (AvgIpc) is 3.15. The lowest BCUT2D eigenvalue weighted by atomic mass is 10.2. The number of carbonyl (C=O) groups is 1. The Morgan fingerprint density at radius 1 is 1.26 bits per heavy atom. The van der Waals surface area contributed by atoms with E-state index in [-0.39, 0.29) is 18.0 Å². The maximum Gasteiger partial charge on any atom is 0.336 e. The summed E-state index contributed by atoms with van der Waals surface area (Å²) in [4.78, 5) is 17.9. The molecule has 5 nitrogen and oxygen atoms in total. The van der Waals surface area contributed by atoms with E-state index >= 15 is 0 Å². The van der Waals surface area contributed by atoms with E-state index in [9.17, 15) is 4.79 Å². The smallest absolute Gasteiger partial charge is 0.336 e. The van der Waals surface area contributed by atoms with E-state index in [4.69, 9.17) is 16.3 Å². The molecule has 0 radical (unpaired) electrons. The van der Waals surface area contributed by atoms with Gasteiger partial charge in [-0.1, -0.05) is 17.7 Å². The van der Waals surface area contributed by atoms with E-state index in [1.807, 2.05) is 31.4 Å². The van der Waals surface area contributed by atoms with Crippen molar-refractivity contribution in [1.82, 2.24) is 14.8 Å². The number of thiophene rings is 1. The second-order valence-corrected chi connectivity index (χ2v) is 6.47. The molecule has 0 aliphatic carbocycles. The van der Waals surface area contributed by atoms with Gasteiger partial charge in [0.15, 0.2) is 5.82 Å². The Labute approximate surface area is 142 Å². The van der Waals surface area contributed by atoms with Gasteiger partial charge in [-0.25, -0.2) is 0 Å². The SMILES string of the molecule is CC(C)Oc1nc(-c2cccs2)n(C(=O)c2ccc(Cl)cc2)n1. The molecule has 7 heteroatoms. The number of rotatable bonds is 4. The normalized spacial score (nSPS) is 11.0. The largest absolute Gasteiger partial charge is 0.460 e. The van der Waals surface area contributed by atoms with E-state index < -0.39 is 0 Å². The lowest BCUT2D eigenvalue weighted by Crippen LogP contribution is -2.15. The van der Waals surface area contributed by atoms with Gasteiger partial charge < -0.3 is 4.74 Å². The Morgan fingerprint density at radius 3 is 2.61 bits per heavy atom. The number of nitrogens with zero attached hydrogens (tertiary/aromatic N) is 3. The molecule has 0 bridgehead atoms. The molecule has 118 valence electrons. The third-order valence-electron chi connectivity index (χ3n) is 2.95. The zero-order chi connectivity index (χ0) is 16.4. The third kappa shape index (κ3) is 3.43. The summed E-state index contributed by atoms with van der Waals surface area (Å²) in [5.74, 6) is 0.187. The Morgan fingerprint density at radius 2 is 2.00 bits per heavy atom. The first-order valence-electron chi connectivity index (χ1n) is 7.02. The van der Waals surface area contributed by atoms with Gasteiger partial charge >= 0.3 is 6.01 Å². The fourth-order valence-corrected chi connectivity index (χ4v) is 2.80. The highest BCUT2D eigenvalue weighted by Crippen LogP contribution is 2.26. The van der Waals surface area contributed by atoms with Crippen LogP contribution in [0.5, 0.6) is 6.01 Å². The van der Waals surface area contributed by atoms with Crippen molar-refractivity contribution >= 4 is 28.8 Å². The Hall–Kier alpha value is -2.18. The number of aromatic nitrogens is 3. The fraction of sp³-hybridized carbons (Fsp3) is 0.188. The summed E-state index contributed by atoms with van der Waals surface area (Å²) < 4.78 is 6.80. The van der Waals surface area contributed by atoms with Crippen molar-refractivity contribution in [1.29, 1.82) is 0 Å². The summed E-state index contributed by atoms with van der Waals surface area (Å²) >= 11 is 7.36. The molecule has 0 fully saturated rings. The van der Waals surface area contributed by atoms with Crippen molar-refractivity contribution in [3.63, 3.8) is 0 Å².